The second-order valence-corrected chi connectivity index (χ2v) is 4.42. The number of nitrogens with zero attached hydrogens (tertiary/aromatic N) is 2. The predicted molar refractivity (Wildman–Crippen MR) is 61.4 cm³/mol. The highest BCUT2D eigenvalue weighted by Gasteiger charge is 2.18. The molecule has 1 fully saturated rings. The molecule has 0 aliphatic carbocycles. The van der Waals surface area contributed by atoms with Crippen molar-refractivity contribution in [1.82, 2.24) is 4.98 Å². The van der Waals surface area contributed by atoms with Gasteiger partial charge in [-0.1, -0.05) is 13.8 Å². The van der Waals surface area contributed by atoms with Crippen LogP contribution in [0.4, 0.5) is 5.69 Å². The molecule has 3 heteroatoms. The van der Waals surface area contributed by atoms with Crippen LogP contribution < -0.4 is 4.90 Å². The van der Waals surface area contributed by atoms with E-state index in [1.165, 1.54) is 18.5 Å². The fourth-order valence-electron chi connectivity index (χ4n) is 2.11. The molecule has 0 spiro atoms. The van der Waals surface area contributed by atoms with Crippen molar-refractivity contribution < 1.29 is 5.11 Å². The van der Waals surface area contributed by atoms with Crippen LogP contribution in [0.1, 0.15) is 38.3 Å². The highest BCUT2D eigenvalue weighted by Crippen LogP contribution is 2.29. The molecule has 1 saturated heterocycles. The maximum Gasteiger partial charge on any atom is 0.211 e. The molecule has 0 radical (unpaired) electrons. The van der Waals surface area contributed by atoms with Gasteiger partial charge in [0.15, 0.2) is 0 Å². The molecule has 0 bridgehead atoms. The van der Waals surface area contributed by atoms with Crippen LogP contribution in [0.25, 0.3) is 0 Å². The van der Waals surface area contributed by atoms with E-state index in [-0.39, 0.29) is 5.88 Å². The van der Waals surface area contributed by atoms with E-state index in [4.69, 9.17) is 0 Å². The molecule has 0 aromatic carbocycles. The summed E-state index contributed by atoms with van der Waals surface area (Å²) in [6.07, 6.45) is 2.52. The van der Waals surface area contributed by atoms with Gasteiger partial charge in [0.05, 0.1) is 11.4 Å². The predicted octanol–water partition coefficient (Wildman–Crippen LogP) is 2.51. The Kier molecular flexibility index (Phi) is 2.80. The Hall–Kier alpha value is -1.25. The van der Waals surface area contributed by atoms with Crippen LogP contribution in [0.15, 0.2) is 12.1 Å². The summed E-state index contributed by atoms with van der Waals surface area (Å²) in [6.45, 7) is 6.46. The molecule has 1 aromatic heterocycles. The molecule has 0 atom stereocenters. The number of pyridine rings is 1. The largest absolute Gasteiger partial charge is 0.493 e. The third-order valence-electron chi connectivity index (χ3n) is 2.88. The van der Waals surface area contributed by atoms with Crippen LogP contribution in [0.3, 0.4) is 0 Å². The van der Waals surface area contributed by atoms with Crippen molar-refractivity contribution in [2.75, 3.05) is 18.0 Å². The van der Waals surface area contributed by atoms with Gasteiger partial charge in [0, 0.05) is 19.2 Å². The molecular formula is C12H18N2O. The smallest absolute Gasteiger partial charge is 0.211 e. The van der Waals surface area contributed by atoms with Gasteiger partial charge < -0.3 is 10.0 Å². The van der Waals surface area contributed by atoms with Crippen molar-refractivity contribution in [1.29, 1.82) is 0 Å². The highest BCUT2D eigenvalue weighted by molar-refractivity contribution is 5.53. The Morgan fingerprint density at radius 3 is 2.53 bits per heavy atom. The van der Waals surface area contributed by atoms with Gasteiger partial charge in [-0.3, -0.25) is 0 Å². The Morgan fingerprint density at radius 1 is 1.27 bits per heavy atom. The van der Waals surface area contributed by atoms with Crippen LogP contribution in [0.2, 0.25) is 0 Å². The van der Waals surface area contributed by atoms with Gasteiger partial charge in [-0.2, -0.15) is 0 Å². The Morgan fingerprint density at radius 2 is 1.93 bits per heavy atom. The molecule has 15 heavy (non-hydrogen) atoms. The van der Waals surface area contributed by atoms with Gasteiger partial charge in [-0.15, -0.1) is 0 Å². The minimum absolute atomic E-state index is 0.127. The first-order valence-corrected chi connectivity index (χ1v) is 5.63. The Bertz CT molecular complexity index is 343. The summed E-state index contributed by atoms with van der Waals surface area (Å²) in [5.41, 5.74) is 2.21. The quantitative estimate of drug-likeness (QED) is 0.807. The average Bonchev–Trinajstić information content (AvgIpc) is 2.70. The molecular weight excluding hydrogens is 188 g/mol. The topological polar surface area (TPSA) is 36.4 Å². The SMILES string of the molecule is CC(C)c1nc(O)ccc1N1CCCC1. The first-order chi connectivity index (χ1) is 7.18. The van der Waals surface area contributed by atoms with E-state index < -0.39 is 0 Å². The number of hydrogen-bond donors (Lipinski definition) is 1. The third kappa shape index (κ3) is 2.06. The van der Waals surface area contributed by atoms with Crippen LogP contribution in [0.5, 0.6) is 5.88 Å². The number of hydrogen-bond acceptors (Lipinski definition) is 3. The zero-order valence-electron chi connectivity index (χ0n) is 9.40. The van der Waals surface area contributed by atoms with Crippen molar-refractivity contribution in [3.05, 3.63) is 17.8 Å². The molecule has 2 heterocycles. The molecule has 82 valence electrons. The molecule has 1 aromatic rings. The summed E-state index contributed by atoms with van der Waals surface area (Å²) in [6, 6.07) is 3.67. The fourth-order valence-corrected chi connectivity index (χ4v) is 2.11. The maximum absolute atomic E-state index is 9.40. The second kappa shape index (κ2) is 4.09. The van der Waals surface area contributed by atoms with Crippen molar-refractivity contribution in [2.45, 2.75) is 32.6 Å². The number of anilines is 1. The monoisotopic (exact) mass is 206 g/mol. The molecule has 2 rings (SSSR count). The van der Waals surface area contributed by atoms with Gasteiger partial charge in [0.2, 0.25) is 5.88 Å². The van der Waals surface area contributed by atoms with Crippen molar-refractivity contribution in [3.8, 4) is 5.88 Å². The molecule has 1 N–H and O–H groups in total. The summed E-state index contributed by atoms with van der Waals surface area (Å²) in [5.74, 6) is 0.481. The molecule has 1 aliphatic rings. The van der Waals surface area contributed by atoms with Gasteiger partial charge in [0.1, 0.15) is 0 Å². The zero-order chi connectivity index (χ0) is 10.8. The summed E-state index contributed by atoms with van der Waals surface area (Å²) >= 11 is 0. The third-order valence-corrected chi connectivity index (χ3v) is 2.88. The molecule has 3 nitrogen and oxygen atoms in total. The zero-order valence-corrected chi connectivity index (χ0v) is 9.40. The van der Waals surface area contributed by atoms with E-state index in [1.807, 2.05) is 6.07 Å². The second-order valence-electron chi connectivity index (χ2n) is 4.42. The Balaban J connectivity index is 2.36. The van der Waals surface area contributed by atoms with E-state index in [1.54, 1.807) is 6.07 Å². The van der Waals surface area contributed by atoms with Crippen LogP contribution in [-0.2, 0) is 0 Å². The number of rotatable bonds is 2. The lowest BCUT2D eigenvalue weighted by molar-refractivity contribution is 0.450. The minimum atomic E-state index is 0.127. The fraction of sp³-hybridized carbons (Fsp3) is 0.583. The summed E-state index contributed by atoms with van der Waals surface area (Å²) in [5, 5.41) is 9.40. The first-order valence-electron chi connectivity index (χ1n) is 5.63. The van der Waals surface area contributed by atoms with E-state index in [0.717, 1.165) is 18.8 Å². The van der Waals surface area contributed by atoms with Crippen molar-refractivity contribution in [2.24, 2.45) is 0 Å². The van der Waals surface area contributed by atoms with Crippen LogP contribution in [0, 0.1) is 0 Å². The van der Waals surface area contributed by atoms with E-state index >= 15 is 0 Å². The molecule has 0 unspecified atom stereocenters. The lowest BCUT2D eigenvalue weighted by Gasteiger charge is -2.22. The highest BCUT2D eigenvalue weighted by atomic mass is 16.3. The van der Waals surface area contributed by atoms with Crippen LogP contribution >= 0.6 is 0 Å². The normalized spacial score (nSPS) is 16.3. The Labute approximate surface area is 90.8 Å². The van der Waals surface area contributed by atoms with Crippen molar-refractivity contribution in [3.63, 3.8) is 0 Å². The van der Waals surface area contributed by atoms with E-state index in [0.29, 0.717) is 5.92 Å². The minimum Gasteiger partial charge on any atom is -0.493 e. The number of aromatic nitrogens is 1. The van der Waals surface area contributed by atoms with E-state index in [9.17, 15) is 5.11 Å². The first kappa shape index (κ1) is 10.3. The van der Waals surface area contributed by atoms with Crippen LogP contribution in [-0.4, -0.2) is 23.2 Å². The molecule has 0 amide bonds. The van der Waals surface area contributed by atoms with Gasteiger partial charge in [0.25, 0.3) is 0 Å². The summed E-state index contributed by atoms with van der Waals surface area (Å²) < 4.78 is 0. The summed E-state index contributed by atoms with van der Waals surface area (Å²) in [7, 11) is 0. The summed E-state index contributed by atoms with van der Waals surface area (Å²) in [4.78, 5) is 6.59. The molecule has 0 saturated carbocycles. The van der Waals surface area contributed by atoms with Crippen molar-refractivity contribution >= 4 is 5.69 Å². The standard InChI is InChI=1S/C12H18N2O/c1-9(2)12-10(5-6-11(15)13-12)14-7-3-4-8-14/h5-6,9H,3-4,7-8H2,1-2H3,(H,13,15). The molecule has 1 aliphatic heterocycles. The lowest BCUT2D eigenvalue weighted by atomic mass is 10.1. The van der Waals surface area contributed by atoms with Gasteiger partial charge in [-0.25, -0.2) is 4.98 Å². The van der Waals surface area contributed by atoms with E-state index in [2.05, 4.69) is 23.7 Å². The maximum atomic E-state index is 9.40. The average molecular weight is 206 g/mol. The lowest BCUT2D eigenvalue weighted by Crippen LogP contribution is -2.20. The van der Waals surface area contributed by atoms with Gasteiger partial charge >= 0.3 is 0 Å². The number of aromatic hydroxyl groups is 1. The van der Waals surface area contributed by atoms with Gasteiger partial charge in [-0.05, 0) is 24.8 Å².